The maximum atomic E-state index is 14.5. The Bertz CT molecular complexity index is 1250. The van der Waals surface area contributed by atoms with Gasteiger partial charge in [-0.1, -0.05) is 38.1 Å². The Balaban J connectivity index is 2.27. The van der Waals surface area contributed by atoms with Gasteiger partial charge in [0.1, 0.15) is 5.78 Å². The number of imide groups is 1. The molecule has 0 saturated carbocycles. The number of nitrogens with one attached hydrogen (secondary N) is 2. The number of aliphatic carboxylic acids is 1. The summed E-state index contributed by atoms with van der Waals surface area (Å²) in [6.07, 6.45) is 3.24. The van der Waals surface area contributed by atoms with Crippen LogP contribution in [0.2, 0.25) is 0 Å². The number of ketones is 2. The minimum Gasteiger partial charge on any atom is -0.479 e. The van der Waals surface area contributed by atoms with Crippen molar-refractivity contribution in [3.05, 3.63) is 54.1 Å². The van der Waals surface area contributed by atoms with E-state index < -0.39 is 64.9 Å². The zero-order valence-electron chi connectivity index (χ0n) is 23.8. The zero-order valence-corrected chi connectivity index (χ0v) is 24.7. The van der Waals surface area contributed by atoms with E-state index in [2.05, 4.69) is 34.0 Å². The molecule has 0 bridgehead atoms. The number of rotatable bonds is 15. The number of H-pyrrole nitrogens is 1. The van der Waals surface area contributed by atoms with Crippen LogP contribution in [0.15, 0.2) is 36.8 Å². The molecule has 3 rings (SSSR count). The number of carboxylic acid groups (broad SMARTS) is 1. The number of Topliss-reactive ketones (excluding diaryl/α,β-unsaturated/α-hetero) is 2. The summed E-state index contributed by atoms with van der Waals surface area (Å²) in [5.41, 5.74) is 10.6. The minimum absolute atomic E-state index is 0.0670. The molecular weight excluding hydrogens is 560 g/mol. The first kappa shape index (κ1) is 33.1. The molecule has 1 fully saturated rings. The average molecular weight is 600 g/mol. The fourth-order valence-corrected chi connectivity index (χ4v) is 5.87. The highest BCUT2D eigenvalue weighted by molar-refractivity contribution is 7.80. The molecular formula is C29H39N6O6S. The fraction of sp³-hybridized carbons (Fsp3) is 0.517. The van der Waals surface area contributed by atoms with Gasteiger partial charge in [-0.05, 0) is 49.1 Å². The van der Waals surface area contributed by atoms with Crippen molar-refractivity contribution in [1.29, 1.82) is 0 Å². The number of imidazole rings is 1. The topological polar surface area (TPSA) is 202 Å². The number of hydrogen-bond donors (Lipinski definition) is 6. The molecule has 227 valence electrons. The largest absolute Gasteiger partial charge is 0.479 e. The van der Waals surface area contributed by atoms with Crippen LogP contribution in [0, 0.1) is 17.9 Å². The second kappa shape index (κ2) is 14.7. The Labute approximate surface area is 250 Å². The predicted molar refractivity (Wildman–Crippen MR) is 157 cm³/mol. The molecule has 1 aromatic heterocycles. The molecule has 2 heterocycles. The molecule has 12 nitrogen and oxygen atoms in total. The number of aromatic nitrogens is 2. The molecule has 0 aliphatic carbocycles. The van der Waals surface area contributed by atoms with Crippen LogP contribution in [-0.4, -0.2) is 85.3 Å². The number of carbonyl (C=O) groups is 5. The van der Waals surface area contributed by atoms with E-state index in [-0.39, 0.29) is 31.4 Å². The molecule has 5 unspecified atom stereocenters. The monoisotopic (exact) mass is 599 g/mol. The van der Waals surface area contributed by atoms with Gasteiger partial charge in [0.25, 0.3) is 0 Å². The third-order valence-electron chi connectivity index (χ3n) is 7.53. The van der Waals surface area contributed by atoms with E-state index >= 15 is 0 Å². The molecule has 0 spiro atoms. The number of carboxylic acids is 1. The summed E-state index contributed by atoms with van der Waals surface area (Å²) in [4.78, 5) is 77.5. The second-order valence-electron chi connectivity index (χ2n) is 10.8. The number of amides is 2. The number of thiol groups is 1. The Hall–Kier alpha value is -3.39. The third-order valence-corrected chi connectivity index (χ3v) is 7.75. The Kier molecular flexibility index (Phi) is 11.6. The van der Waals surface area contributed by atoms with E-state index in [9.17, 15) is 29.1 Å². The van der Waals surface area contributed by atoms with Crippen LogP contribution >= 0.6 is 12.6 Å². The van der Waals surface area contributed by atoms with E-state index in [1.54, 1.807) is 38.1 Å². The smallest absolute Gasteiger partial charge is 0.338 e. The first-order valence-corrected chi connectivity index (χ1v) is 14.6. The van der Waals surface area contributed by atoms with Crippen LogP contribution in [0.4, 0.5) is 0 Å². The van der Waals surface area contributed by atoms with Crippen LogP contribution in [0.3, 0.4) is 0 Å². The van der Waals surface area contributed by atoms with Crippen molar-refractivity contribution >= 4 is 42.0 Å². The first-order chi connectivity index (χ1) is 20.0. The minimum atomic E-state index is -2.93. The Morgan fingerprint density at radius 2 is 1.86 bits per heavy atom. The number of aromatic amines is 1. The highest BCUT2D eigenvalue weighted by Crippen LogP contribution is 2.38. The van der Waals surface area contributed by atoms with Gasteiger partial charge < -0.3 is 26.9 Å². The van der Waals surface area contributed by atoms with Crippen molar-refractivity contribution in [3.8, 4) is 0 Å². The summed E-state index contributed by atoms with van der Waals surface area (Å²) in [6, 6.07) is 5.73. The molecule has 5 atom stereocenters. The molecule has 1 radical (unpaired) electrons. The summed E-state index contributed by atoms with van der Waals surface area (Å²) >= 11 is 4.15. The van der Waals surface area contributed by atoms with Gasteiger partial charge in [0.2, 0.25) is 17.4 Å². The molecule has 2 aromatic rings. The lowest BCUT2D eigenvalue weighted by Gasteiger charge is -2.46. The highest BCUT2D eigenvalue weighted by atomic mass is 32.1. The Morgan fingerprint density at radius 1 is 1.17 bits per heavy atom. The average Bonchev–Trinajstić information content (AvgIpc) is 3.67. The molecule has 1 saturated heterocycles. The van der Waals surface area contributed by atoms with E-state index in [0.29, 0.717) is 29.1 Å². The van der Waals surface area contributed by atoms with Gasteiger partial charge in [-0.15, -0.1) is 0 Å². The molecule has 1 aliphatic heterocycles. The molecule has 2 amide bonds. The number of hydrogen-bond acceptors (Lipinski definition) is 10. The lowest BCUT2D eigenvalue weighted by molar-refractivity contribution is -0.179. The summed E-state index contributed by atoms with van der Waals surface area (Å²) in [5, 5.41) is 14.0. The first-order valence-electron chi connectivity index (χ1n) is 13.9. The van der Waals surface area contributed by atoms with Crippen molar-refractivity contribution in [2.45, 2.75) is 69.6 Å². The number of nitrogens with zero attached hydrogens (tertiary/aromatic N) is 2. The van der Waals surface area contributed by atoms with Crippen LogP contribution in [0.1, 0.15) is 44.4 Å². The maximum absolute atomic E-state index is 14.5. The summed E-state index contributed by atoms with van der Waals surface area (Å²) in [5.74, 6) is -7.98. The molecule has 13 heteroatoms. The van der Waals surface area contributed by atoms with Gasteiger partial charge in [-0.3, -0.25) is 24.1 Å². The van der Waals surface area contributed by atoms with Crippen LogP contribution in [-0.2, 0) is 36.8 Å². The van der Waals surface area contributed by atoms with Gasteiger partial charge in [-0.25, -0.2) is 9.78 Å². The summed E-state index contributed by atoms with van der Waals surface area (Å²) in [6.45, 7) is 3.57. The van der Waals surface area contributed by atoms with Gasteiger partial charge in [0.05, 0.1) is 36.1 Å². The van der Waals surface area contributed by atoms with Crippen LogP contribution < -0.4 is 16.8 Å². The molecule has 1 aromatic carbocycles. The summed E-state index contributed by atoms with van der Waals surface area (Å²) in [7, 11) is 0. The third kappa shape index (κ3) is 6.97. The van der Waals surface area contributed by atoms with Gasteiger partial charge >= 0.3 is 5.97 Å². The van der Waals surface area contributed by atoms with Crippen LogP contribution in [0.25, 0.3) is 0 Å². The predicted octanol–water partition coefficient (Wildman–Crippen LogP) is 0.311. The lowest BCUT2D eigenvalue weighted by atomic mass is 9.68. The van der Waals surface area contributed by atoms with Crippen LogP contribution in [0.5, 0.6) is 0 Å². The number of benzene rings is 1. The van der Waals surface area contributed by atoms with E-state index in [4.69, 9.17) is 11.5 Å². The van der Waals surface area contributed by atoms with Crippen molar-refractivity contribution in [2.75, 3.05) is 12.3 Å². The summed E-state index contributed by atoms with van der Waals surface area (Å²) < 4.78 is 0. The van der Waals surface area contributed by atoms with E-state index in [0.717, 1.165) is 0 Å². The quantitative estimate of drug-likeness (QED) is 0.122. The lowest BCUT2D eigenvalue weighted by Crippen LogP contribution is -2.75. The SMILES string of the molecule is CC(C)C(C(=O)CCS)C(C(=O)O)(C(=O)C1CCCN1)N(C(=O)C(N)Cc1[c]cccc1)C(=O)C(N)Cc1c[nH]cn1. The van der Waals surface area contributed by atoms with Crippen molar-refractivity contribution < 1.29 is 29.1 Å². The van der Waals surface area contributed by atoms with Crippen molar-refractivity contribution in [1.82, 2.24) is 20.2 Å². The van der Waals surface area contributed by atoms with E-state index in [1.165, 1.54) is 12.5 Å². The Morgan fingerprint density at radius 3 is 2.36 bits per heavy atom. The van der Waals surface area contributed by atoms with Gasteiger partial charge in [0.15, 0.2) is 5.78 Å². The molecule has 7 N–H and O–H groups in total. The number of carbonyl (C=O) groups excluding carboxylic acids is 4. The molecule has 42 heavy (non-hydrogen) atoms. The van der Waals surface area contributed by atoms with E-state index in [1.807, 2.05) is 0 Å². The van der Waals surface area contributed by atoms with Gasteiger partial charge in [0, 0.05) is 19.0 Å². The number of nitrogens with two attached hydrogens (primary N) is 2. The van der Waals surface area contributed by atoms with Gasteiger partial charge in [-0.2, -0.15) is 12.6 Å². The molecule has 1 aliphatic rings. The standard InChI is InChI=1S/C29H39N6O6S/c1-17(2)24(23(36)10-12-42)29(28(40)41,25(37)22-9-6-11-33-22)35(27(39)21(31)14-19-15-32-16-34-19)26(38)20(30)13-18-7-4-3-5-8-18/h3-5,7,15-17,20-22,24,33,42H,6,9-14,30-31H2,1-2H3,(H,32,34)(H,40,41). The normalized spacial score (nSPS) is 18.6. The van der Waals surface area contributed by atoms with Crippen molar-refractivity contribution in [3.63, 3.8) is 0 Å². The second-order valence-corrected chi connectivity index (χ2v) is 11.3. The maximum Gasteiger partial charge on any atom is 0.338 e. The van der Waals surface area contributed by atoms with Crippen molar-refractivity contribution in [2.24, 2.45) is 23.3 Å². The zero-order chi connectivity index (χ0) is 31.0. The fourth-order valence-electron chi connectivity index (χ4n) is 5.65. The highest BCUT2D eigenvalue weighted by Gasteiger charge is 2.65.